The van der Waals surface area contributed by atoms with Gasteiger partial charge in [-0.05, 0) is 25.7 Å². The normalized spacial score (nSPS) is 27.9. The van der Waals surface area contributed by atoms with Crippen LogP contribution in [0.25, 0.3) is 0 Å². The molecule has 0 aromatic heterocycles. The first-order chi connectivity index (χ1) is 9.79. The predicted molar refractivity (Wildman–Crippen MR) is 83.7 cm³/mol. The summed E-state index contributed by atoms with van der Waals surface area (Å²) in [6, 6.07) is 0. The van der Waals surface area contributed by atoms with Crippen LogP contribution in [0.1, 0.15) is 89.9 Å². The molecule has 2 aliphatic carbocycles. The molecule has 0 saturated heterocycles. The lowest BCUT2D eigenvalue weighted by Crippen LogP contribution is -2.48. The van der Waals surface area contributed by atoms with E-state index in [9.17, 15) is 10.2 Å². The van der Waals surface area contributed by atoms with E-state index in [0.717, 1.165) is 25.7 Å². The lowest BCUT2D eigenvalue weighted by molar-refractivity contribution is -0.0885. The highest BCUT2D eigenvalue weighted by Crippen LogP contribution is 2.54. The quantitative estimate of drug-likeness (QED) is 0.804. The second-order valence-electron chi connectivity index (χ2n) is 7.41. The average molecular weight is 282 g/mol. The Morgan fingerprint density at radius 1 is 0.450 bits per heavy atom. The molecule has 2 heteroatoms. The largest absolute Gasteiger partial charge is 0.396 e. The summed E-state index contributed by atoms with van der Waals surface area (Å²) in [5, 5.41) is 20.5. The van der Waals surface area contributed by atoms with E-state index in [1.165, 1.54) is 64.2 Å². The van der Waals surface area contributed by atoms with Crippen LogP contribution < -0.4 is 0 Å². The van der Waals surface area contributed by atoms with Crippen LogP contribution in [0.2, 0.25) is 0 Å². The predicted octanol–water partition coefficient (Wildman–Crippen LogP) is 4.43. The van der Waals surface area contributed by atoms with Crippen LogP contribution in [0.5, 0.6) is 0 Å². The molecule has 0 atom stereocenters. The molecule has 20 heavy (non-hydrogen) atoms. The first kappa shape index (κ1) is 16.3. The summed E-state index contributed by atoms with van der Waals surface area (Å²) in [6.45, 7) is 0.571. The standard InChI is InChI=1S/C18H34O2/c19-15-17(11-7-3-1-4-8-12-17)18(16-20)13-9-5-2-6-10-14-18/h19-20H,1-16H2. The van der Waals surface area contributed by atoms with Gasteiger partial charge in [-0.1, -0.05) is 64.2 Å². The zero-order valence-corrected chi connectivity index (χ0v) is 13.2. The van der Waals surface area contributed by atoms with E-state index in [1.54, 1.807) is 0 Å². The molecule has 0 aliphatic heterocycles. The van der Waals surface area contributed by atoms with E-state index in [0.29, 0.717) is 0 Å². The molecule has 2 aliphatic rings. The van der Waals surface area contributed by atoms with E-state index in [4.69, 9.17) is 0 Å². The number of hydrogen-bond donors (Lipinski definition) is 2. The smallest absolute Gasteiger partial charge is 0.0493 e. The van der Waals surface area contributed by atoms with Gasteiger partial charge >= 0.3 is 0 Å². The van der Waals surface area contributed by atoms with Crippen molar-refractivity contribution in [3.63, 3.8) is 0 Å². The van der Waals surface area contributed by atoms with Crippen LogP contribution in [0.4, 0.5) is 0 Å². The number of aliphatic hydroxyl groups is 2. The summed E-state index contributed by atoms with van der Waals surface area (Å²) >= 11 is 0. The van der Waals surface area contributed by atoms with Gasteiger partial charge in [-0.2, -0.15) is 0 Å². The molecule has 0 unspecified atom stereocenters. The van der Waals surface area contributed by atoms with Crippen molar-refractivity contribution in [3.8, 4) is 0 Å². The SMILES string of the molecule is OCC1(C2(CO)CCCCCCC2)CCCCCCC1. The molecule has 2 N–H and O–H groups in total. The van der Waals surface area contributed by atoms with E-state index >= 15 is 0 Å². The topological polar surface area (TPSA) is 40.5 Å². The van der Waals surface area contributed by atoms with Crippen LogP contribution in [0, 0.1) is 10.8 Å². The van der Waals surface area contributed by atoms with Crippen LogP contribution in [0.15, 0.2) is 0 Å². The summed E-state index contributed by atoms with van der Waals surface area (Å²) in [7, 11) is 0. The Bertz CT molecular complexity index is 231. The average Bonchev–Trinajstić information content (AvgIpc) is 2.40. The number of hydrogen-bond acceptors (Lipinski definition) is 2. The summed E-state index contributed by atoms with van der Waals surface area (Å²) in [5.74, 6) is 0. The summed E-state index contributed by atoms with van der Waals surface area (Å²) < 4.78 is 0. The Labute approximate surface area is 125 Å². The van der Waals surface area contributed by atoms with Crippen molar-refractivity contribution in [2.24, 2.45) is 10.8 Å². The second kappa shape index (κ2) is 7.79. The second-order valence-corrected chi connectivity index (χ2v) is 7.41. The van der Waals surface area contributed by atoms with Crippen molar-refractivity contribution < 1.29 is 10.2 Å². The van der Waals surface area contributed by atoms with Gasteiger partial charge in [-0.15, -0.1) is 0 Å². The molecule has 2 rings (SSSR count). The lowest BCUT2D eigenvalue weighted by atomic mass is 9.54. The Morgan fingerprint density at radius 2 is 0.700 bits per heavy atom. The number of rotatable bonds is 3. The molecule has 0 spiro atoms. The van der Waals surface area contributed by atoms with E-state index in [-0.39, 0.29) is 24.0 Å². The van der Waals surface area contributed by atoms with Gasteiger partial charge in [0.05, 0.1) is 0 Å². The third-order valence-corrected chi connectivity index (χ3v) is 6.35. The monoisotopic (exact) mass is 282 g/mol. The fourth-order valence-corrected chi connectivity index (χ4v) is 4.88. The van der Waals surface area contributed by atoms with Gasteiger partial charge in [-0.25, -0.2) is 0 Å². The van der Waals surface area contributed by atoms with E-state index < -0.39 is 0 Å². The summed E-state index contributed by atoms with van der Waals surface area (Å²) in [4.78, 5) is 0. The zero-order chi connectivity index (χ0) is 14.3. The lowest BCUT2D eigenvalue weighted by Gasteiger charge is -2.51. The third-order valence-electron chi connectivity index (χ3n) is 6.35. The molecule has 2 saturated carbocycles. The molecule has 0 aromatic carbocycles. The van der Waals surface area contributed by atoms with Gasteiger partial charge in [0.25, 0.3) is 0 Å². The first-order valence-corrected chi connectivity index (χ1v) is 9.00. The Balaban J connectivity index is 2.21. The van der Waals surface area contributed by atoms with Crippen molar-refractivity contribution in [2.45, 2.75) is 89.9 Å². The molecule has 0 amide bonds. The van der Waals surface area contributed by atoms with Crippen molar-refractivity contribution in [3.05, 3.63) is 0 Å². The molecule has 118 valence electrons. The molecule has 0 radical (unpaired) electrons. The maximum atomic E-state index is 10.3. The highest BCUT2D eigenvalue weighted by Gasteiger charge is 2.49. The van der Waals surface area contributed by atoms with Gasteiger partial charge in [0.2, 0.25) is 0 Å². The van der Waals surface area contributed by atoms with E-state index in [1.807, 2.05) is 0 Å². The third kappa shape index (κ3) is 3.39. The van der Waals surface area contributed by atoms with Gasteiger partial charge in [-0.3, -0.25) is 0 Å². The first-order valence-electron chi connectivity index (χ1n) is 9.00. The zero-order valence-electron chi connectivity index (χ0n) is 13.2. The molecular formula is C18H34O2. The maximum Gasteiger partial charge on any atom is 0.0493 e. The molecule has 0 bridgehead atoms. The molecule has 0 aromatic rings. The highest BCUT2D eigenvalue weighted by atomic mass is 16.3. The van der Waals surface area contributed by atoms with Gasteiger partial charge in [0.1, 0.15) is 0 Å². The van der Waals surface area contributed by atoms with Crippen molar-refractivity contribution >= 4 is 0 Å². The van der Waals surface area contributed by atoms with Crippen molar-refractivity contribution in [2.75, 3.05) is 13.2 Å². The molecule has 2 fully saturated rings. The summed E-state index contributed by atoms with van der Waals surface area (Å²) in [5.41, 5.74) is -0.000972. The van der Waals surface area contributed by atoms with Gasteiger partial charge < -0.3 is 10.2 Å². The molecule has 2 nitrogen and oxygen atoms in total. The fourth-order valence-electron chi connectivity index (χ4n) is 4.88. The van der Waals surface area contributed by atoms with Crippen LogP contribution in [-0.4, -0.2) is 23.4 Å². The van der Waals surface area contributed by atoms with Crippen LogP contribution in [-0.2, 0) is 0 Å². The van der Waals surface area contributed by atoms with Crippen molar-refractivity contribution in [1.82, 2.24) is 0 Å². The minimum Gasteiger partial charge on any atom is -0.396 e. The van der Waals surface area contributed by atoms with Gasteiger partial charge in [0.15, 0.2) is 0 Å². The van der Waals surface area contributed by atoms with E-state index in [2.05, 4.69) is 0 Å². The molecular weight excluding hydrogens is 248 g/mol. The Morgan fingerprint density at radius 3 is 0.950 bits per heavy atom. The Kier molecular flexibility index (Phi) is 6.35. The Hall–Kier alpha value is -0.0800. The maximum absolute atomic E-state index is 10.3. The summed E-state index contributed by atoms with van der Waals surface area (Å²) in [6.07, 6.45) is 17.4. The van der Waals surface area contributed by atoms with Crippen LogP contribution >= 0.6 is 0 Å². The van der Waals surface area contributed by atoms with Crippen molar-refractivity contribution in [1.29, 1.82) is 0 Å². The highest BCUT2D eigenvalue weighted by molar-refractivity contribution is 4.98. The van der Waals surface area contributed by atoms with Gasteiger partial charge in [0, 0.05) is 24.0 Å². The minimum atomic E-state index is -0.000486. The minimum absolute atomic E-state index is 0.000486. The fraction of sp³-hybridized carbons (Fsp3) is 1.00. The molecule has 0 heterocycles. The van der Waals surface area contributed by atoms with Crippen LogP contribution in [0.3, 0.4) is 0 Å². The number of aliphatic hydroxyl groups excluding tert-OH is 2.